The van der Waals surface area contributed by atoms with E-state index >= 15 is 0 Å². The summed E-state index contributed by atoms with van der Waals surface area (Å²) in [4.78, 5) is 53.8. The number of benzene rings is 2. The van der Waals surface area contributed by atoms with Gasteiger partial charge in [-0.05, 0) is 43.7 Å². The van der Waals surface area contributed by atoms with E-state index in [1.807, 2.05) is 6.08 Å². The Balaban J connectivity index is 1.60. The molecule has 1 aliphatic heterocycles. The fourth-order valence-corrected chi connectivity index (χ4v) is 5.83. The van der Waals surface area contributed by atoms with Crippen molar-refractivity contribution in [2.24, 2.45) is 0 Å². The number of phenolic OH excluding ortho intramolecular Hbond substituents is 1. The highest BCUT2D eigenvalue weighted by atomic mass is 16.5. The van der Waals surface area contributed by atoms with Crippen LogP contribution in [-0.2, 0) is 16.1 Å². The molecule has 38 heavy (non-hydrogen) atoms. The van der Waals surface area contributed by atoms with Crippen molar-refractivity contribution in [1.29, 1.82) is 0 Å². The Bertz CT molecular complexity index is 1730. The zero-order valence-electron chi connectivity index (χ0n) is 20.9. The molecular weight excluding hydrogens is 486 g/mol. The molecule has 0 saturated heterocycles. The molecule has 0 unspecified atom stereocenters. The number of phenols is 1. The minimum atomic E-state index is -0.792. The number of Topliss-reactive ketones (excluding diaryl/α,β-unsaturated/α-hetero) is 1. The zero-order chi connectivity index (χ0) is 26.7. The molecular formula is C29H25N3O6. The number of carbonyl (C=O) groups excluding carboxylic acids is 2. The lowest BCUT2D eigenvalue weighted by Crippen LogP contribution is -2.40. The van der Waals surface area contributed by atoms with Gasteiger partial charge in [-0.1, -0.05) is 36.4 Å². The summed E-state index contributed by atoms with van der Waals surface area (Å²) in [5, 5.41) is 11.2. The van der Waals surface area contributed by atoms with E-state index in [2.05, 4.69) is 0 Å². The molecule has 0 fully saturated rings. The van der Waals surface area contributed by atoms with E-state index in [1.54, 1.807) is 62.4 Å². The molecule has 0 spiro atoms. The third-order valence-electron chi connectivity index (χ3n) is 7.49. The Morgan fingerprint density at radius 2 is 1.76 bits per heavy atom. The van der Waals surface area contributed by atoms with Gasteiger partial charge in [0.1, 0.15) is 0 Å². The molecule has 0 amide bonds. The maximum atomic E-state index is 13.7. The smallest absolute Gasteiger partial charge is 0.352 e. The third-order valence-corrected chi connectivity index (χ3v) is 7.49. The number of ether oxygens (including phenoxy) is 1. The van der Waals surface area contributed by atoms with Crippen molar-refractivity contribution in [3.8, 4) is 17.2 Å². The minimum absolute atomic E-state index is 0.0794. The number of fused-ring (bicyclic) bond motifs is 3. The number of allylic oxidation sites excluding steroid dienone is 6. The van der Waals surface area contributed by atoms with E-state index in [1.165, 1.54) is 15.4 Å². The number of aromatic hydroxyl groups is 1. The summed E-state index contributed by atoms with van der Waals surface area (Å²) >= 11 is 0. The molecule has 2 aromatic carbocycles. The fraction of sp³-hybridized carbons (Fsp3) is 0.241. The van der Waals surface area contributed by atoms with Gasteiger partial charge in [0.15, 0.2) is 23.1 Å². The zero-order valence-corrected chi connectivity index (χ0v) is 20.9. The van der Waals surface area contributed by atoms with Gasteiger partial charge in [0.05, 0.1) is 24.9 Å². The number of nitrogens with zero attached hydrogens (tertiary/aromatic N) is 3. The summed E-state index contributed by atoms with van der Waals surface area (Å²) in [6.07, 6.45) is 3.22. The van der Waals surface area contributed by atoms with Crippen LogP contribution < -0.4 is 16.1 Å². The van der Waals surface area contributed by atoms with Crippen molar-refractivity contribution in [1.82, 2.24) is 13.9 Å². The minimum Gasteiger partial charge on any atom is -0.504 e. The Labute approximate surface area is 217 Å². The van der Waals surface area contributed by atoms with Crippen molar-refractivity contribution < 1.29 is 19.4 Å². The quantitative estimate of drug-likeness (QED) is 0.426. The summed E-state index contributed by atoms with van der Waals surface area (Å²) in [7, 11) is 0. The molecule has 2 heterocycles. The van der Waals surface area contributed by atoms with Crippen LogP contribution in [0.25, 0.3) is 5.69 Å². The van der Waals surface area contributed by atoms with Crippen LogP contribution >= 0.6 is 0 Å². The molecule has 0 radical (unpaired) electrons. The van der Waals surface area contributed by atoms with Crippen LogP contribution in [0.15, 0.2) is 92.6 Å². The Kier molecular flexibility index (Phi) is 5.45. The number of hydrogen-bond donors (Lipinski definition) is 1. The second-order valence-corrected chi connectivity index (χ2v) is 9.56. The first-order chi connectivity index (χ1) is 18.3. The second kappa shape index (κ2) is 8.72. The van der Waals surface area contributed by atoms with E-state index in [-0.39, 0.29) is 41.6 Å². The van der Waals surface area contributed by atoms with Crippen molar-refractivity contribution in [3.05, 3.63) is 110 Å². The van der Waals surface area contributed by atoms with Crippen LogP contribution in [0.5, 0.6) is 11.5 Å². The van der Waals surface area contributed by atoms with E-state index in [9.17, 15) is 24.3 Å². The number of rotatable bonds is 4. The van der Waals surface area contributed by atoms with Gasteiger partial charge in [-0.2, -0.15) is 0 Å². The van der Waals surface area contributed by atoms with Crippen LogP contribution in [0.3, 0.4) is 0 Å². The maximum Gasteiger partial charge on any atom is 0.352 e. The van der Waals surface area contributed by atoms with Crippen molar-refractivity contribution in [2.75, 3.05) is 6.61 Å². The summed E-state index contributed by atoms with van der Waals surface area (Å²) < 4.78 is 9.45. The molecule has 192 valence electrons. The predicted molar refractivity (Wildman–Crippen MR) is 139 cm³/mol. The van der Waals surface area contributed by atoms with Crippen LogP contribution in [0, 0.1) is 0 Å². The highest BCUT2D eigenvalue weighted by Crippen LogP contribution is 2.52. The predicted octanol–water partition coefficient (Wildman–Crippen LogP) is 2.97. The molecule has 2 aliphatic carbocycles. The van der Waals surface area contributed by atoms with Crippen LogP contribution in [0.2, 0.25) is 0 Å². The second-order valence-electron chi connectivity index (χ2n) is 9.56. The largest absolute Gasteiger partial charge is 0.504 e. The molecule has 3 aliphatic rings. The van der Waals surface area contributed by atoms with Gasteiger partial charge in [-0.15, -0.1) is 0 Å². The molecule has 2 atom stereocenters. The van der Waals surface area contributed by atoms with Crippen LogP contribution in [-0.4, -0.2) is 37.2 Å². The summed E-state index contributed by atoms with van der Waals surface area (Å²) in [6.45, 7) is 3.82. The van der Waals surface area contributed by atoms with Gasteiger partial charge in [-0.3, -0.25) is 9.59 Å². The summed E-state index contributed by atoms with van der Waals surface area (Å²) in [5.74, 6) is -1.24. The highest BCUT2D eigenvalue weighted by Gasteiger charge is 2.45. The Morgan fingerprint density at radius 1 is 1.00 bits per heavy atom. The fourth-order valence-electron chi connectivity index (χ4n) is 5.83. The van der Waals surface area contributed by atoms with E-state index in [0.717, 1.165) is 4.57 Å². The Hall–Kier alpha value is -4.66. The molecule has 3 aromatic rings. The first-order valence-corrected chi connectivity index (χ1v) is 12.5. The molecule has 0 bridgehead atoms. The summed E-state index contributed by atoms with van der Waals surface area (Å²) in [5.41, 5.74) is 1.40. The highest BCUT2D eigenvalue weighted by molar-refractivity contribution is 6.23. The number of ketones is 2. The van der Waals surface area contributed by atoms with Crippen LogP contribution in [0.1, 0.15) is 37.8 Å². The van der Waals surface area contributed by atoms with Crippen LogP contribution in [0.4, 0.5) is 0 Å². The van der Waals surface area contributed by atoms with Crippen molar-refractivity contribution >= 4 is 11.6 Å². The lowest BCUT2D eigenvalue weighted by Gasteiger charge is -2.39. The van der Waals surface area contributed by atoms with Gasteiger partial charge in [0.25, 0.3) is 0 Å². The number of para-hydroxylation sites is 2. The van der Waals surface area contributed by atoms with Gasteiger partial charge in [0.2, 0.25) is 0 Å². The Morgan fingerprint density at radius 3 is 2.50 bits per heavy atom. The van der Waals surface area contributed by atoms with E-state index in [0.29, 0.717) is 34.6 Å². The molecule has 9 heteroatoms. The van der Waals surface area contributed by atoms with E-state index < -0.39 is 23.3 Å². The summed E-state index contributed by atoms with van der Waals surface area (Å²) in [6, 6.07) is 13.0. The lowest BCUT2D eigenvalue weighted by atomic mass is 9.67. The molecule has 6 rings (SSSR count). The third kappa shape index (κ3) is 3.31. The molecule has 9 nitrogen and oxygen atoms in total. The molecule has 1 aromatic heterocycles. The first-order valence-electron chi connectivity index (χ1n) is 12.5. The van der Waals surface area contributed by atoms with Crippen molar-refractivity contribution in [3.63, 3.8) is 0 Å². The van der Waals surface area contributed by atoms with Gasteiger partial charge >= 0.3 is 11.4 Å². The molecule has 1 N–H and O–H groups in total. The van der Waals surface area contributed by atoms with Crippen molar-refractivity contribution in [2.45, 2.75) is 38.8 Å². The average Bonchev–Trinajstić information content (AvgIpc) is 3.18. The number of hydrogen-bond acceptors (Lipinski definition) is 6. The SMILES string of the molecule is CCOc1cccc([C@H]2C3=CCn4c(=O)n(-c5ccccc5)c(=O)n4[C@@H]3CC3=C2C(=O)C(C)=CC3=O)c1O. The van der Waals surface area contributed by atoms with E-state index in [4.69, 9.17) is 4.74 Å². The monoisotopic (exact) mass is 511 g/mol. The normalized spacial score (nSPS) is 20.4. The first kappa shape index (κ1) is 23.7. The van der Waals surface area contributed by atoms with Gasteiger partial charge < -0.3 is 9.84 Å². The average molecular weight is 512 g/mol. The van der Waals surface area contributed by atoms with Gasteiger partial charge in [-0.25, -0.2) is 23.5 Å². The number of aromatic nitrogens is 3. The number of carbonyl (C=O) groups is 2. The standard InChI is InChI=1S/C29H25N3O6/c1-3-38-23-11-7-10-19(27(23)35)24-18-12-13-30-28(36)31(17-8-5-4-6-9-17)29(37)32(30)21(18)15-20-22(33)14-16(2)26(34)25(20)24/h4-12,14,21,24,35H,3,13,15H2,1-2H3/t21-,24-/m1/s1. The topological polar surface area (TPSA) is 113 Å². The molecule has 0 saturated carbocycles. The maximum absolute atomic E-state index is 13.7. The van der Waals surface area contributed by atoms with Gasteiger partial charge in [0, 0.05) is 34.6 Å². The lowest BCUT2D eigenvalue weighted by molar-refractivity contribution is -0.116.